The van der Waals surface area contributed by atoms with E-state index in [1.54, 1.807) is 53.2 Å². The molecule has 2 aliphatic heterocycles. The molecular weight excluding hydrogens is 940 g/mol. The highest BCUT2D eigenvalue weighted by Gasteiger charge is 2.51. The van der Waals surface area contributed by atoms with Crippen molar-refractivity contribution in [2.24, 2.45) is 5.41 Å². The van der Waals surface area contributed by atoms with E-state index in [-0.39, 0.29) is 35.8 Å². The van der Waals surface area contributed by atoms with Gasteiger partial charge in [-0.05, 0) is 116 Å². The molecule has 4 amide bonds. The number of nitrogens with one attached hydrogen (secondary N) is 2. The molecule has 0 radical (unpaired) electrons. The summed E-state index contributed by atoms with van der Waals surface area (Å²) in [5.74, 6) is -0.877. The summed E-state index contributed by atoms with van der Waals surface area (Å²) in [5, 5.41) is 15.1. The van der Waals surface area contributed by atoms with Gasteiger partial charge in [-0.1, -0.05) is 69.3 Å². The molecule has 2 aliphatic rings. The number of likely N-dealkylation sites (tertiary alicyclic amines) is 1. The fourth-order valence-electron chi connectivity index (χ4n) is 8.50. The van der Waals surface area contributed by atoms with Gasteiger partial charge in [-0.15, -0.1) is 11.3 Å². The first-order valence-electron chi connectivity index (χ1n) is 22.8. The van der Waals surface area contributed by atoms with Crippen molar-refractivity contribution in [2.45, 2.75) is 91.1 Å². The number of anilines is 2. The zero-order valence-electron chi connectivity index (χ0n) is 39.7. The van der Waals surface area contributed by atoms with Gasteiger partial charge in [0, 0.05) is 25.2 Å². The summed E-state index contributed by atoms with van der Waals surface area (Å²) < 4.78 is 52.9. The Kier molecular flexibility index (Phi) is 15.4. The molecule has 4 aromatic carbocycles. The Morgan fingerprint density at radius 2 is 1.59 bits per heavy atom. The summed E-state index contributed by atoms with van der Waals surface area (Å²) in [6, 6.07) is 25.8. The number of amides is 4. The molecule has 0 saturated carbocycles. The van der Waals surface area contributed by atoms with Crippen LogP contribution >= 0.6 is 23.6 Å². The van der Waals surface area contributed by atoms with Crippen LogP contribution in [0.1, 0.15) is 76.3 Å². The number of alkyl halides is 3. The molecule has 3 heterocycles. The van der Waals surface area contributed by atoms with Gasteiger partial charge in [-0.3, -0.25) is 24.1 Å². The summed E-state index contributed by atoms with van der Waals surface area (Å²) in [4.78, 5) is 63.8. The van der Waals surface area contributed by atoms with Crippen LogP contribution in [0, 0.1) is 23.7 Å². The molecule has 2 N–H and O–H groups in total. The van der Waals surface area contributed by atoms with Crippen LogP contribution in [0.2, 0.25) is 0 Å². The minimum atomic E-state index is -4.80. The first-order chi connectivity index (χ1) is 33.2. The monoisotopic (exact) mass is 993 g/mol. The van der Waals surface area contributed by atoms with Crippen LogP contribution in [0.4, 0.5) is 24.5 Å². The molecule has 0 spiro atoms. The summed E-state index contributed by atoms with van der Waals surface area (Å²) in [6.45, 7) is 11.9. The fourth-order valence-corrected chi connectivity index (χ4v) is 9.84. The van der Waals surface area contributed by atoms with Crippen molar-refractivity contribution >= 4 is 63.7 Å². The number of hydrogen-bond donors (Lipinski definition) is 2. The molecule has 1 aromatic heterocycles. The van der Waals surface area contributed by atoms with E-state index in [0.29, 0.717) is 50.4 Å². The first-order valence-corrected chi connectivity index (χ1v) is 24.1. The zero-order valence-corrected chi connectivity index (χ0v) is 41.3. The topological polar surface area (TPSA) is 157 Å². The number of benzene rings is 4. The van der Waals surface area contributed by atoms with E-state index < -0.39 is 52.2 Å². The Morgan fingerprint density at radius 3 is 2.20 bits per heavy atom. The van der Waals surface area contributed by atoms with E-state index >= 15 is 0 Å². The van der Waals surface area contributed by atoms with Crippen molar-refractivity contribution in [2.75, 3.05) is 36.2 Å². The van der Waals surface area contributed by atoms with Gasteiger partial charge in [0.25, 0.3) is 5.91 Å². The number of aromatic nitrogens is 1. The third-order valence-corrected chi connectivity index (χ3v) is 13.6. The SMILES string of the molecule is Cc1ncsc1-c1ccc(CNC(=O)C2CCCN2C(=O)C(NC(=O)COCCCOc2ccc(-c3ccc(N4C(=S)N(c5ccc(C#N)c(C(F)(F)F)c5)C(=O)C4(C)C)cc3)cc2)C(C)(C)C)cc1. The standard InChI is InChI=1S/C52H54F3N7O6S2/c1-32-44(70-31-58-32)36-12-10-33(11-13-36)29-57-46(64)42-9-7-24-60(42)47(65)45(50(2,3)4)59-43(63)30-67-25-8-26-68-40-22-17-35(18-23-40)34-14-19-38(20-15-34)62-49(69)61(48(66)51(62,5)6)39-21-16-37(28-56)41(27-39)52(53,54)55/h10-23,27,31,42,45H,7-9,24-26,29-30H2,1-6H3,(H,57,64)(H,59,63). The molecule has 2 atom stereocenters. The Bertz CT molecular complexity index is 2780. The number of carbonyl (C=O) groups is 4. The molecule has 5 aromatic rings. The van der Waals surface area contributed by atoms with Gasteiger partial charge in [0.05, 0.1) is 52.2 Å². The van der Waals surface area contributed by atoms with Gasteiger partial charge in [-0.25, -0.2) is 4.98 Å². The van der Waals surface area contributed by atoms with Crippen LogP contribution < -0.4 is 25.2 Å². The molecule has 2 fully saturated rings. The number of thiocarbonyl (C=S) groups is 1. The molecule has 2 saturated heterocycles. The lowest BCUT2D eigenvalue weighted by atomic mass is 9.85. The molecule has 0 aliphatic carbocycles. The lowest BCUT2D eigenvalue weighted by Crippen LogP contribution is -2.58. The maximum atomic E-state index is 14.0. The first kappa shape index (κ1) is 51.2. The molecule has 366 valence electrons. The van der Waals surface area contributed by atoms with E-state index in [0.717, 1.165) is 49.9 Å². The maximum absolute atomic E-state index is 14.0. The highest BCUT2D eigenvalue weighted by Crippen LogP contribution is 2.40. The van der Waals surface area contributed by atoms with Crippen molar-refractivity contribution in [1.82, 2.24) is 20.5 Å². The Labute approximate surface area is 414 Å². The van der Waals surface area contributed by atoms with Crippen molar-refractivity contribution in [3.8, 4) is 33.4 Å². The smallest absolute Gasteiger partial charge is 0.417 e. The van der Waals surface area contributed by atoms with E-state index in [9.17, 15) is 37.6 Å². The Morgan fingerprint density at radius 1 is 0.943 bits per heavy atom. The Balaban J connectivity index is 0.852. The fraction of sp³-hybridized carbons (Fsp3) is 0.365. The minimum absolute atomic E-state index is 0.00391. The van der Waals surface area contributed by atoms with Crippen LogP contribution in [0.15, 0.2) is 96.5 Å². The summed E-state index contributed by atoms with van der Waals surface area (Å²) in [7, 11) is 0. The second-order valence-electron chi connectivity index (χ2n) is 18.7. The van der Waals surface area contributed by atoms with Crippen molar-refractivity contribution in [3.05, 3.63) is 119 Å². The number of thiazole rings is 1. The Hall–Kier alpha value is -6.68. The van der Waals surface area contributed by atoms with Crippen LogP contribution in [0.3, 0.4) is 0 Å². The summed E-state index contributed by atoms with van der Waals surface area (Å²) in [5.41, 5.74) is 3.43. The quantitative estimate of drug-likeness (QED) is 0.0722. The number of rotatable bonds is 16. The number of nitriles is 1. The lowest BCUT2D eigenvalue weighted by molar-refractivity contribution is -0.144. The number of ether oxygens (including phenoxy) is 2. The second-order valence-corrected chi connectivity index (χ2v) is 19.9. The van der Waals surface area contributed by atoms with Gasteiger partial charge in [-0.2, -0.15) is 18.4 Å². The number of hydrogen-bond acceptors (Lipinski definition) is 10. The molecular formula is C52H54F3N7O6S2. The predicted molar refractivity (Wildman–Crippen MR) is 266 cm³/mol. The molecule has 0 bridgehead atoms. The number of carbonyl (C=O) groups excluding carboxylic acids is 4. The van der Waals surface area contributed by atoms with Gasteiger partial charge in [0.15, 0.2) is 5.11 Å². The van der Waals surface area contributed by atoms with E-state index in [1.165, 1.54) is 6.07 Å². The van der Waals surface area contributed by atoms with Gasteiger partial charge < -0.3 is 29.9 Å². The number of halogens is 3. The van der Waals surface area contributed by atoms with Crippen molar-refractivity contribution in [1.29, 1.82) is 5.26 Å². The van der Waals surface area contributed by atoms with Crippen LogP contribution in [-0.2, 0) is 36.6 Å². The maximum Gasteiger partial charge on any atom is 0.417 e. The molecule has 18 heteroatoms. The average Bonchev–Trinajstić information content (AvgIpc) is 4.04. The van der Waals surface area contributed by atoms with Crippen LogP contribution in [-0.4, -0.2) is 82.6 Å². The average molecular weight is 994 g/mol. The van der Waals surface area contributed by atoms with E-state index in [1.807, 2.05) is 93.9 Å². The third kappa shape index (κ3) is 11.3. The highest BCUT2D eigenvalue weighted by atomic mass is 32.1. The zero-order chi connectivity index (χ0) is 50.5. The molecule has 70 heavy (non-hydrogen) atoms. The van der Waals surface area contributed by atoms with Crippen LogP contribution in [0.5, 0.6) is 5.75 Å². The van der Waals surface area contributed by atoms with Crippen LogP contribution in [0.25, 0.3) is 21.6 Å². The third-order valence-electron chi connectivity index (χ3n) is 12.3. The van der Waals surface area contributed by atoms with E-state index in [2.05, 4.69) is 15.6 Å². The van der Waals surface area contributed by atoms with Gasteiger partial charge in [0.2, 0.25) is 17.7 Å². The van der Waals surface area contributed by atoms with Gasteiger partial charge in [0.1, 0.15) is 30.0 Å². The second kappa shape index (κ2) is 21.1. The normalized spacial score (nSPS) is 16.3. The largest absolute Gasteiger partial charge is 0.494 e. The highest BCUT2D eigenvalue weighted by molar-refractivity contribution is 7.81. The molecule has 7 rings (SSSR count). The van der Waals surface area contributed by atoms with Crippen molar-refractivity contribution < 1.29 is 41.8 Å². The van der Waals surface area contributed by atoms with Crippen molar-refractivity contribution in [3.63, 3.8) is 0 Å². The molecule has 13 nitrogen and oxygen atoms in total. The lowest BCUT2D eigenvalue weighted by Gasteiger charge is -2.35. The van der Waals surface area contributed by atoms with E-state index in [4.69, 9.17) is 21.7 Å². The summed E-state index contributed by atoms with van der Waals surface area (Å²) in [6.07, 6.45) is -3.11. The number of aryl methyl sites for hydroxylation is 1. The number of nitrogens with zero attached hydrogens (tertiary/aromatic N) is 5. The predicted octanol–water partition coefficient (Wildman–Crippen LogP) is 9.22. The molecule has 2 unspecified atom stereocenters. The summed E-state index contributed by atoms with van der Waals surface area (Å²) >= 11 is 7.25. The van der Waals surface area contributed by atoms with Gasteiger partial charge >= 0.3 is 6.18 Å². The minimum Gasteiger partial charge on any atom is -0.494 e.